The minimum absolute atomic E-state index is 0.166. The normalized spacial score (nSPS) is 18.7. The Morgan fingerprint density at radius 3 is 2.61 bits per heavy atom. The molecule has 100 valence electrons. The van der Waals surface area contributed by atoms with Gasteiger partial charge in [0, 0.05) is 5.56 Å². The molecule has 2 nitrogen and oxygen atoms in total. The van der Waals surface area contributed by atoms with Crippen LogP contribution in [0, 0.1) is 11.7 Å². The number of rotatable bonds is 3. The second-order valence-corrected chi connectivity index (χ2v) is 5.68. The Morgan fingerprint density at radius 2 is 2.00 bits per heavy atom. The molecule has 1 fully saturated rings. The summed E-state index contributed by atoms with van der Waals surface area (Å²) in [6.07, 6.45) is 4.67. The van der Waals surface area contributed by atoms with Crippen molar-refractivity contribution in [1.82, 2.24) is 0 Å². The zero-order valence-electron chi connectivity index (χ0n) is 10.5. The first kappa shape index (κ1) is 13.8. The van der Waals surface area contributed by atoms with Gasteiger partial charge in [0.15, 0.2) is 11.6 Å². The summed E-state index contributed by atoms with van der Waals surface area (Å²) in [5.74, 6) is -0.119. The summed E-state index contributed by atoms with van der Waals surface area (Å²) in [5.41, 5.74) is 0.349. The van der Waals surface area contributed by atoms with E-state index >= 15 is 0 Å². The van der Waals surface area contributed by atoms with Gasteiger partial charge in [0.2, 0.25) is 0 Å². The Bertz CT molecular complexity index is 417. The van der Waals surface area contributed by atoms with Crippen molar-refractivity contribution < 1.29 is 14.2 Å². The van der Waals surface area contributed by atoms with Gasteiger partial charge >= 0.3 is 0 Å². The number of ether oxygens (including phenoxy) is 1. The third-order valence-corrected chi connectivity index (χ3v) is 4.32. The van der Waals surface area contributed by atoms with Gasteiger partial charge in [-0.05, 0) is 40.8 Å². The van der Waals surface area contributed by atoms with E-state index in [2.05, 4.69) is 15.9 Å². The van der Waals surface area contributed by atoms with Crippen LogP contribution in [-0.2, 0) is 0 Å². The predicted molar refractivity (Wildman–Crippen MR) is 72.2 cm³/mol. The molecular weight excluding hydrogens is 299 g/mol. The Labute approximate surface area is 115 Å². The summed E-state index contributed by atoms with van der Waals surface area (Å²) in [6, 6.07) is 3.37. The molecule has 1 aromatic carbocycles. The third kappa shape index (κ3) is 2.69. The summed E-state index contributed by atoms with van der Waals surface area (Å²) in [7, 11) is 1.43. The monoisotopic (exact) mass is 316 g/mol. The summed E-state index contributed by atoms with van der Waals surface area (Å²) in [4.78, 5) is 0. The Morgan fingerprint density at radius 1 is 1.33 bits per heavy atom. The summed E-state index contributed by atoms with van der Waals surface area (Å²) < 4.78 is 19.8. The van der Waals surface area contributed by atoms with Crippen LogP contribution in [0.5, 0.6) is 5.75 Å². The Kier molecular flexibility index (Phi) is 4.62. The maximum absolute atomic E-state index is 14.2. The van der Waals surface area contributed by atoms with Gasteiger partial charge in [0.05, 0.1) is 17.7 Å². The second kappa shape index (κ2) is 6.02. The molecule has 0 saturated heterocycles. The standard InChI is InChI=1S/C14H18BrFO2/c1-18-14-11(15)8-7-10(12(14)16)13(17)9-5-3-2-4-6-9/h7-9,13,17H,2-6H2,1H3. The van der Waals surface area contributed by atoms with E-state index in [1.807, 2.05) is 0 Å². The average molecular weight is 317 g/mol. The highest BCUT2D eigenvalue weighted by molar-refractivity contribution is 9.10. The fourth-order valence-corrected chi connectivity index (χ4v) is 3.14. The molecule has 18 heavy (non-hydrogen) atoms. The zero-order valence-corrected chi connectivity index (χ0v) is 12.0. The van der Waals surface area contributed by atoms with Gasteiger partial charge < -0.3 is 9.84 Å². The lowest BCUT2D eigenvalue weighted by Gasteiger charge is -2.27. The largest absolute Gasteiger partial charge is 0.492 e. The van der Waals surface area contributed by atoms with E-state index in [9.17, 15) is 9.50 Å². The minimum atomic E-state index is -0.729. The van der Waals surface area contributed by atoms with Crippen LogP contribution in [-0.4, -0.2) is 12.2 Å². The van der Waals surface area contributed by atoms with Crippen LogP contribution in [0.1, 0.15) is 43.8 Å². The summed E-state index contributed by atoms with van der Waals surface area (Å²) in [6.45, 7) is 0. The van der Waals surface area contributed by atoms with E-state index < -0.39 is 11.9 Å². The molecule has 1 unspecified atom stereocenters. The number of methoxy groups -OCH3 is 1. The first-order chi connectivity index (χ1) is 8.65. The fourth-order valence-electron chi connectivity index (χ4n) is 2.67. The van der Waals surface area contributed by atoms with Crippen molar-refractivity contribution in [1.29, 1.82) is 0 Å². The molecule has 1 atom stereocenters. The number of halogens is 2. The molecule has 1 aliphatic carbocycles. The van der Waals surface area contributed by atoms with Crippen molar-refractivity contribution >= 4 is 15.9 Å². The molecule has 0 aromatic heterocycles. The van der Waals surface area contributed by atoms with Crippen LogP contribution < -0.4 is 4.74 Å². The van der Waals surface area contributed by atoms with Crippen molar-refractivity contribution in [2.45, 2.75) is 38.2 Å². The SMILES string of the molecule is COc1c(Br)ccc(C(O)C2CCCCC2)c1F. The molecule has 0 amide bonds. The molecule has 1 saturated carbocycles. The van der Waals surface area contributed by atoms with E-state index in [1.165, 1.54) is 13.5 Å². The van der Waals surface area contributed by atoms with Crippen molar-refractivity contribution in [3.05, 3.63) is 28.0 Å². The quantitative estimate of drug-likeness (QED) is 0.905. The molecule has 1 aromatic rings. The lowest BCUT2D eigenvalue weighted by atomic mass is 9.82. The van der Waals surface area contributed by atoms with Gasteiger partial charge in [-0.1, -0.05) is 25.3 Å². The van der Waals surface area contributed by atoms with Gasteiger partial charge in [-0.25, -0.2) is 4.39 Å². The highest BCUT2D eigenvalue weighted by atomic mass is 79.9. The molecule has 4 heteroatoms. The van der Waals surface area contributed by atoms with Gasteiger partial charge in [-0.15, -0.1) is 0 Å². The summed E-state index contributed by atoms with van der Waals surface area (Å²) in [5, 5.41) is 10.3. The average Bonchev–Trinajstić information content (AvgIpc) is 2.40. The van der Waals surface area contributed by atoms with Crippen LogP contribution in [0.15, 0.2) is 16.6 Å². The van der Waals surface area contributed by atoms with Crippen molar-refractivity contribution in [3.63, 3.8) is 0 Å². The molecule has 0 heterocycles. The van der Waals surface area contributed by atoms with Crippen LogP contribution in [0.2, 0.25) is 0 Å². The Balaban J connectivity index is 2.26. The molecule has 0 bridgehead atoms. The smallest absolute Gasteiger partial charge is 0.172 e. The summed E-state index contributed by atoms with van der Waals surface area (Å²) >= 11 is 3.24. The fraction of sp³-hybridized carbons (Fsp3) is 0.571. The van der Waals surface area contributed by atoms with E-state index in [0.29, 0.717) is 10.0 Å². The predicted octanol–water partition coefficient (Wildman–Crippen LogP) is 4.21. The lowest BCUT2D eigenvalue weighted by Crippen LogP contribution is -2.17. The first-order valence-corrected chi connectivity index (χ1v) is 7.14. The Hall–Kier alpha value is -0.610. The topological polar surface area (TPSA) is 29.5 Å². The van der Waals surface area contributed by atoms with Gasteiger partial charge in [0.25, 0.3) is 0 Å². The van der Waals surface area contributed by atoms with Crippen LogP contribution >= 0.6 is 15.9 Å². The maximum Gasteiger partial charge on any atom is 0.172 e. The van der Waals surface area contributed by atoms with Gasteiger partial charge in [-0.3, -0.25) is 0 Å². The number of aliphatic hydroxyl groups excluding tert-OH is 1. The van der Waals surface area contributed by atoms with E-state index in [4.69, 9.17) is 4.74 Å². The van der Waals surface area contributed by atoms with Crippen molar-refractivity contribution in [2.24, 2.45) is 5.92 Å². The molecule has 0 radical (unpaired) electrons. The molecule has 2 rings (SSSR count). The molecule has 0 spiro atoms. The highest BCUT2D eigenvalue weighted by Crippen LogP contribution is 2.39. The van der Waals surface area contributed by atoms with Crippen molar-refractivity contribution in [3.8, 4) is 5.75 Å². The number of aliphatic hydroxyl groups is 1. The zero-order chi connectivity index (χ0) is 13.1. The second-order valence-electron chi connectivity index (χ2n) is 4.83. The molecule has 0 aliphatic heterocycles. The van der Waals surface area contributed by atoms with E-state index in [0.717, 1.165) is 25.7 Å². The van der Waals surface area contributed by atoms with Crippen LogP contribution in [0.3, 0.4) is 0 Å². The number of hydrogen-bond donors (Lipinski definition) is 1. The van der Waals surface area contributed by atoms with E-state index in [-0.39, 0.29) is 11.7 Å². The molecular formula is C14H18BrFO2. The third-order valence-electron chi connectivity index (χ3n) is 3.70. The molecule has 1 aliphatic rings. The highest BCUT2D eigenvalue weighted by Gasteiger charge is 2.27. The van der Waals surface area contributed by atoms with Crippen LogP contribution in [0.25, 0.3) is 0 Å². The number of benzene rings is 1. The van der Waals surface area contributed by atoms with Crippen LogP contribution in [0.4, 0.5) is 4.39 Å². The van der Waals surface area contributed by atoms with Gasteiger partial charge in [-0.2, -0.15) is 0 Å². The maximum atomic E-state index is 14.2. The lowest BCUT2D eigenvalue weighted by molar-refractivity contribution is 0.0811. The van der Waals surface area contributed by atoms with E-state index in [1.54, 1.807) is 12.1 Å². The molecule has 1 N–H and O–H groups in total. The van der Waals surface area contributed by atoms with Crippen molar-refractivity contribution in [2.75, 3.05) is 7.11 Å². The number of hydrogen-bond acceptors (Lipinski definition) is 2. The van der Waals surface area contributed by atoms with Gasteiger partial charge in [0.1, 0.15) is 0 Å². The minimum Gasteiger partial charge on any atom is -0.492 e. The first-order valence-electron chi connectivity index (χ1n) is 6.35.